The van der Waals surface area contributed by atoms with Crippen LogP contribution >= 0.6 is 11.6 Å². The summed E-state index contributed by atoms with van der Waals surface area (Å²) in [5, 5.41) is 9.42. The summed E-state index contributed by atoms with van der Waals surface area (Å²) in [4.78, 5) is 14.8. The first-order valence-corrected chi connectivity index (χ1v) is 5.01. The van der Waals surface area contributed by atoms with E-state index in [-0.39, 0.29) is 5.69 Å². The Kier molecular flexibility index (Phi) is 2.88. The van der Waals surface area contributed by atoms with Crippen LogP contribution in [-0.4, -0.2) is 16.1 Å². The lowest BCUT2D eigenvalue weighted by molar-refractivity contribution is 0.0690. The molecule has 80 valence electrons. The summed E-state index contributed by atoms with van der Waals surface area (Å²) in [7, 11) is 0. The van der Waals surface area contributed by atoms with Crippen molar-refractivity contribution in [2.75, 3.05) is 0 Å². The number of nitrogens with zero attached hydrogens (tertiary/aromatic N) is 1. The van der Waals surface area contributed by atoms with Gasteiger partial charge in [0.25, 0.3) is 0 Å². The number of carboxylic acid groups (broad SMARTS) is 1. The number of halogens is 1. The molecule has 0 aliphatic rings. The molecule has 0 spiro atoms. The van der Waals surface area contributed by atoms with Gasteiger partial charge in [-0.2, -0.15) is 0 Å². The van der Waals surface area contributed by atoms with Crippen molar-refractivity contribution in [1.82, 2.24) is 4.98 Å². The number of rotatable bonds is 2. The van der Waals surface area contributed by atoms with Crippen LogP contribution in [0.1, 0.15) is 10.5 Å². The van der Waals surface area contributed by atoms with Crippen LogP contribution in [-0.2, 0) is 0 Å². The second-order valence-corrected chi connectivity index (χ2v) is 3.66. The summed E-state index contributed by atoms with van der Waals surface area (Å²) in [5.41, 5.74) is 1.43. The van der Waals surface area contributed by atoms with Crippen LogP contribution in [0.3, 0.4) is 0 Å². The average Bonchev–Trinajstić information content (AvgIpc) is 2.29. The van der Waals surface area contributed by atoms with Crippen molar-refractivity contribution in [2.45, 2.75) is 0 Å². The van der Waals surface area contributed by atoms with Gasteiger partial charge in [-0.1, -0.05) is 29.8 Å². The van der Waals surface area contributed by atoms with Crippen LogP contribution in [0.2, 0.25) is 5.02 Å². The van der Waals surface area contributed by atoms with E-state index < -0.39 is 5.97 Å². The van der Waals surface area contributed by atoms with Crippen LogP contribution in [0.4, 0.5) is 0 Å². The van der Waals surface area contributed by atoms with Crippen LogP contribution < -0.4 is 0 Å². The number of pyridine rings is 1. The van der Waals surface area contributed by atoms with Gasteiger partial charge in [0.1, 0.15) is 5.69 Å². The fraction of sp³-hybridized carbons (Fsp3) is 0. The molecule has 0 unspecified atom stereocenters. The maximum atomic E-state index is 10.8. The average molecular weight is 234 g/mol. The van der Waals surface area contributed by atoms with Gasteiger partial charge in [0.2, 0.25) is 0 Å². The first-order valence-electron chi connectivity index (χ1n) is 4.63. The monoisotopic (exact) mass is 233 g/mol. The second kappa shape index (κ2) is 4.33. The minimum Gasteiger partial charge on any atom is -0.477 e. The van der Waals surface area contributed by atoms with E-state index in [0.29, 0.717) is 10.7 Å². The van der Waals surface area contributed by atoms with Crippen LogP contribution in [0.15, 0.2) is 42.5 Å². The lowest BCUT2D eigenvalue weighted by atomic mass is 10.1. The third-order valence-corrected chi connectivity index (χ3v) is 2.32. The molecule has 1 aromatic carbocycles. The smallest absolute Gasteiger partial charge is 0.354 e. The van der Waals surface area contributed by atoms with Gasteiger partial charge in [0.05, 0.1) is 5.69 Å². The standard InChI is InChI=1S/C12H8ClNO2/c13-9-4-1-3-8(7-9)10-5-2-6-11(14-10)12(15)16/h1-7H,(H,15,16). The zero-order valence-electron chi connectivity index (χ0n) is 8.22. The molecule has 0 saturated carbocycles. The highest BCUT2D eigenvalue weighted by Crippen LogP contribution is 2.20. The zero-order chi connectivity index (χ0) is 11.5. The Labute approximate surface area is 97.3 Å². The summed E-state index contributed by atoms with van der Waals surface area (Å²) in [6.07, 6.45) is 0. The number of hydrogen-bond donors (Lipinski definition) is 1. The fourth-order valence-electron chi connectivity index (χ4n) is 1.36. The largest absolute Gasteiger partial charge is 0.477 e. The van der Waals surface area contributed by atoms with E-state index in [1.54, 1.807) is 30.3 Å². The Morgan fingerprint density at radius 2 is 1.94 bits per heavy atom. The van der Waals surface area contributed by atoms with Crippen LogP contribution in [0.25, 0.3) is 11.3 Å². The van der Waals surface area contributed by atoms with Gasteiger partial charge >= 0.3 is 5.97 Å². The Bertz CT molecular complexity index is 540. The number of hydrogen-bond acceptors (Lipinski definition) is 2. The molecule has 0 aliphatic heterocycles. The Hall–Kier alpha value is -1.87. The number of aromatic nitrogens is 1. The molecule has 0 atom stereocenters. The lowest BCUT2D eigenvalue weighted by Crippen LogP contribution is -2.00. The highest BCUT2D eigenvalue weighted by molar-refractivity contribution is 6.30. The van der Waals surface area contributed by atoms with Crippen molar-refractivity contribution in [2.24, 2.45) is 0 Å². The van der Waals surface area contributed by atoms with E-state index in [4.69, 9.17) is 16.7 Å². The minimum absolute atomic E-state index is 0.0254. The van der Waals surface area contributed by atoms with Crippen LogP contribution in [0.5, 0.6) is 0 Å². The molecule has 0 amide bonds. The normalized spacial score (nSPS) is 10.1. The Morgan fingerprint density at radius 1 is 1.19 bits per heavy atom. The molecule has 3 nitrogen and oxygen atoms in total. The number of carbonyl (C=O) groups is 1. The molecule has 2 rings (SSSR count). The van der Waals surface area contributed by atoms with E-state index in [2.05, 4.69) is 4.98 Å². The van der Waals surface area contributed by atoms with Crippen LogP contribution in [0, 0.1) is 0 Å². The van der Waals surface area contributed by atoms with Gasteiger partial charge in [-0.15, -0.1) is 0 Å². The van der Waals surface area contributed by atoms with Crippen molar-refractivity contribution in [1.29, 1.82) is 0 Å². The number of carboxylic acids is 1. The number of benzene rings is 1. The molecule has 4 heteroatoms. The van der Waals surface area contributed by atoms with Gasteiger partial charge in [0, 0.05) is 10.6 Å². The summed E-state index contributed by atoms with van der Waals surface area (Å²) in [6.45, 7) is 0. The number of aromatic carboxylic acids is 1. The molecule has 0 saturated heterocycles. The summed E-state index contributed by atoms with van der Waals surface area (Å²) in [6, 6.07) is 12.0. The molecular weight excluding hydrogens is 226 g/mol. The molecule has 16 heavy (non-hydrogen) atoms. The molecule has 1 heterocycles. The minimum atomic E-state index is -1.04. The molecule has 0 radical (unpaired) electrons. The van der Waals surface area contributed by atoms with E-state index in [1.165, 1.54) is 6.07 Å². The van der Waals surface area contributed by atoms with E-state index in [9.17, 15) is 4.79 Å². The molecule has 0 bridgehead atoms. The van der Waals surface area contributed by atoms with Crippen molar-refractivity contribution in [3.8, 4) is 11.3 Å². The van der Waals surface area contributed by atoms with Crippen molar-refractivity contribution < 1.29 is 9.90 Å². The Balaban J connectivity index is 2.48. The maximum Gasteiger partial charge on any atom is 0.354 e. The maximum absolute atomic E-state index is 10.8. The van der Waals surface area contributed by atoms with Gasteiger partial charge in [-0.3, -0.25) is 0 Å². The summed E-state index contributed by atoms with van der Waals surface area (Å²) >= 11 is 5.85. The van der Waals surface area contributed by atoms with E-state index in [1.807, 2.05) is 6.07 Å². The quantitative estimate of drug-likeness (QED) is 0.867. The first kappa shape index (κ1) is 10.6. The van der Waals surface area contributed by atoms with E-state index >= 15 is 0 Å². The SMILES string of the molecule is O=C(O)c1cccc(-c2cccc(Cl)c2)n1. The predicted molar refractivity (Wildman–Crippen MR) is 61.6 cm³/mol. The molecule has 1 N–H and O–H groups in total. The predicted octanol–water partition coefficient (Wildman–Crippen LogP) is 3.10. The lowest BCUT2D eigenvalue weighted by Gasteiger charge is -2.02. The van der Waals surface area contributed by atoms with Gasteiger partial charge in [-0.05, 0) is 24.3 Å². The highest BCUT2D eigenvalue weighted by atomic mass is 35.5. The van der Waals surface area contributed by atoms with Crippen molar-refractivity contribution in [3.63, 3.8) is 0 Å². The molecule has 0 fully saturated rings. The third kappa shape index (κ3) is 2.20. The zero-order valence-corrected chi connectivity index (χ0v) is 8.98. The fourth-order valence-corrected chi connectivity index (χ4v) is 1.55. The topological polar surface area (TPSA) is 50.2 Å². The first-order chi connectivity index (χ1) is 7.66. The Morgan fingerprint density at radius 3 is 2.62 bits per heavy atom. The van der Waals surface area contributed by atoms with Gasteiger partial charge in [-0.25, -0.2) is 9.78 Å². The van der Waals surface area contributed by atoms with Gasteiger partial charge < -0.3 is 5.11 Å². The van der Waals surface area contributed by atoms with Crippen molar-refractivity contribution >= 4 is 17.6 Å². The highest BCUT2D eigenvalue weighted by Gasteiger charge is 2.06. The second-order valence-electron chi connectivity index (χ2n) is 3.22. The molecule has 2 aromatic rings. The molecule has 0 aliphatic carbocycles. The van der Waals surface area contributed by atoms with E-state index in [0.717, 1.165) is 5.56 Å². The molecule has 1 aromatic heterocycles. The van der Waals surface area contributed by atoms with Gasteiger partial charge in [0.15, 0.2) is 0 Å². The van der Waals surface area contributed by atoms with Crippen molar-refractivity contribution in [3.05, 3.63) is 53.2 Å². The summed E-state index contributed by atoms with van der Waals surface area (Å²) in [5.74, 6) is -1.04. The third-order valence-electron chi connectivity index (χ3n) is 2.09. The molecular formula is C12H8ClNO2. The summed E-state index contributed by atoms with van der Waals surface area (Å²) < 4.78 is 0.